The van der Waals surface area contributed by atoms with E-state index in [0.29, 0.717) is 24.6 Å². The number of rotatable bonds is 4. The monoisotopic (exact) mass is 284 g/mol. The molecule has 108 valence electrons. The van der Waals surface area contributed by atoms with Crippen molar-refractivity contribution in [2.45, 2.75) is 25.7 Å². The van der Waals surface area contributed by atoms with E-state index in [2.05, 4.69) is 5.32 Å². The number of nitro benzene ring substituents is 1. The summed E-state index contributed by atoms with van der Waals surface area (Å²) in [6.45, 7) is 0.414. The van der Waals surface area contributed by atoms with E-state index >= 15 is 0 Å². The molecule has 0 atom stereocenters. The molecular weight excluding hydrogens is 270 g/mol. The van der Waals surface area contributed by atoms with Gasteiger partial charge in [0.15, 0.2) is 0 Å². The summed E-state index contributed by atoms with van der Waals surface area (Å²) in [6.07, 6.45) is 4.25. The molecule has 1 saturated carbocycles. The first-order chi connectivity index (χ1) is 9.49. The van der Waals surface area contributed by atoms with Gasteiger partial charge in [-0.25, -0.2) is 4.39 Å². The molecule has 0 bridgehead atoms. The Bertz CT molecular complexity index is 543. The summed E-state index contributed by atoms with van der Waals surface area (Å²) in [5, 5.41) is 13.0. The molecule has 1 N–H and O–H groups in total. The molecule has 1 amide bonds. The average Bonchev–Trinajstić information content (AvgIpc) is 2.91. The second kappa shape index (κ2) is 5.94. The van der Waals surface area contributed by atoms with E-state index in [1.807, 2.05) is 0 Å². The van der Waals surface area contributed by atoms with Crippen LogP contribution in [0.5, 0.6) is 0 Å². The predicted octanol–water partition coefficient (Wildman–Crippen LogP) is 2.79. The molecule has 20 heavy (non-hydrogen) atoms. The van der Waals surface area contributed by atoms with Crippen LogP contribution in [0, 0.1) is 27.7 Å². The van der Waals surface area contributed by atoms with Gasteiger partial charge in [0.1, 0.15) is 5.82 Å². The highest BCUT2D eigenvalue weighted by atomic mass is 19.1. The average molecular weight is 284 g/mol. The maximum atomic E-state index is 13.6. The normalized spacial score (nSPS) is 15.3. The van der Waals surface area contributed by atoms with Crippen LogP contribution in [0.4, 0.5) is 14.5 Å². The van der Waals surface area contributed by atoms with Crippen molar-refractivity contribution in [2.75, 3.05) is 6.54 Å². The van der Waals surface area contributed by atoms with E-state index in [0.717, 1.165) is 25.7 Å². The van der Waals surface area contributed by atoms with Crippen molar-refractivity contribution in [3.63, 3.8) is 0 Å². The van der Waals surface area contributed by atoms with E-state index in [9.17, 15) is 23.7 Å². The van der Waals surface area contributed by atoms with Gasteiger partial charge in [0, 0.05) is 6.54 Å². The molecule has 2 rings (SSSR count). The van der Waals surface area contributed by atoms with Crippen molar-refractivity contribution in [1.82, 2.24) is 5.32 Å². The Hall–Kier alpha value is -2.05. The summed E-state index contributed by atoms with van der Waals surface area (Å²) in [5.41, 5.74) is -1.49. The number of amides is 1. The molecule has 1 aliphatic carbocycles. The number of benzene rings is 1. The zero-order valence-electron chi connectivity index (χ0n) is 10.7. The van der Waals surface area contributed by atoms with Gasteiger partial charge in [0.25, 0.3) is 5.91 Å². The third-order valence-corrected chi connectivity index (χ3v) is 3.50. The van der Waals surface area contributed by atoms with Gasteiger partial charge in [-0.05, 0) is 24.8 Å². The quantitative estimate of drug-likeness (QED) is 0.682. The molecule has 0 unspecified atom stereocenters. The van der Waals surface area contributed by atoms with Gasteiger partial charge in [0.2, 0.25) is 5.82 Å². The molecule has 0 radical (unpaired) electrons. The maximum absolute atomic E-state index is 13.6. The molecule has 0 spiro atoms. The lowest BCUT2D eigenvalue weighted by molar-refractivity contribution is -0.387. The Balaban J connectivity index is 2.09. The van der Waals surface area contributed by atoms with Crippen LogP contribution in [0.1, 0.15) is 36.0 Å². The smallest absolute Gasteiger partial charge is 0.307 e. The molecule has 0 heterocycles. The van der Waals surface area contributed by atoms with Gasteiger partial charge in [-0.15, -0.1) is 0 Å². The third-order valence-electron chi connectivity index (χ3n) is 3.50. The summed E-state index contributed by atoms with van der Waals surface area (Å²) >= 11 is 0. The molecule has 0 aliphatic heterocycles. The highest BCUT2D eigenvalue weighted by Crippen LogP contribution is 2.24. The SMILES string of the molecule is O=C(NCC1CCCC1)c1cc(F)c([N+](=O)[O-])cc1F. The predicted molar refractivity (Wildman–Crippen MR) is 67.3 cm³/mol. The summed E-state index contributed by atoms with van der Waals surface area (Å²) in [7, 11) is 0. The zero-order valence-corrected chi connectivity index (χ0v) is 10.7. The highest BCUT2D eigenvalue weighted by Gasteiger charge is 2.23. The van der Waals surface area contributed by atoms with Crippen LogP contribution in [-0.4, -0.2) is 17.4 Å². The maximum Gasteiger partial charge on any atom is 0.307 e. The van der Waals surface area contributed by atoms with E-state index in [4.69, 9.17) is 0 Å². The first-order valence-corrected chi connectivity index (χ1v) is 6.40. The molecular formula is C13H14F2N2O3. The molecule has 0 saturated heterocycles. The number of nitro groups is 1. The van der Waals surface area contributed by atoms with Crippen molar-refractivity contribution in [3.05, 3.63) is 39.4 Å². The molecule has 1 fully saturated rings. The van der Waals surface area contributed by atoms with Crippen molar-refractivity contribution >= 4 is 11.6 Å². The number of hydrogen-bond acceptors (Lipinski definition) is 3. The van der Waals surface area contributed by atoms with E-state index in [-0.39, 0.29) is 0 Å². The number of carbonyl (C=O) groups excluding carboxylic acids is 1. The fourth-order valence-electron chi connectivity index (χ4n) is 2.40. The van der Waals surface area contributed by atoms with Crippen molar-refractivity contribution in [1.29, 1.82) is 0 Å². The Kier molecular flexibility index (Phi) is 4.26. The number of halogens is 2. The zero-order chi connectivity index (χ0) is 14.7. The molecule has 5 nitrogen and oxygen atoms in total. The van der Waals surface area contributed by atoms with Gasteiger partial charge in [-0.2, -0.15) is 4.39 Å². The van der Waals surface area contributed by atoms with Crippen LogP contribution in [0.25, 0.3) is 0 Å². The molecule has 1 aromatic rings. The Morgan fingerprint density at radius 3 is 2.55 bits per heavy atom. The van der Waals surface area contributed by atoms with Gasteiger partial charge < -0.3 is 5.32 Å². The van der Waals surface area contributed by atoms with E-state index < -0.39 is 33.7 Å². The van der Waals surface area contributed by atoms with Crippen molar-refractivity contribution in [3.8, 4) is 0 Å². The van der Waals surface area contributed by atoms with Gasteiger partial charge in [-0.3, -0.25) is 14.9 Å². The van der Waals surface area contributed by atoms with Gasteiger partial charge in [-0.1, -0.05) is 12.8 Å². The fraction of sp³-hybridized carbons (Fsp3) is 0.462. The largest absolute Gasteiger partial charge is 0.352 e. The fourth-order valence-corrected chi connectivity index (χ4v) is 2.40. The molecule has 1 aliphatic rings. The van der Waals surface area contributed by atoms with Crippen LogP contribution < -0.4 is 5.32 Å². The molecule has 7 heteroatoms. The minimum Gasteiger partial charge on any atom is -0.352 e. The number of hydrogen-bond donors (Lipinski definition) is 1. The lowest BCUT2D eigenvalue weighted by Gasteiger charge is -2.11. The van der Waals surface area contributed by atoms with Crippen LogP contribution >= 0.6 is 0 Å². The van der Waals surface area contributed by atoms with E-state index in [1.54, 1.807) is 0 Å². The van der Waals surface area contributed by atoms with Gasteiger partial charge >= 0.3 is 5.69 Å². The first-order valence-electron chi connectivity index (χ1n) is 6.40. The Morgan fingerprint density at radius 2 is 1.95 bits per heavy atom. The van der Waals surface area contributed by atoms with Crippen LogP contribution in [0.3, 0.4) is 0 Å². The summed E-state index contributed by atoms with van der Waals surface area (Å²) in [5.74, 6) is -2.70. The minimum atomic E-state index is -1.22. The van der Waals surface area contributed by atoms with Gasteiger partial charge in [0.05, 0.1) is 16.6 Å². The number of nitrogens with zero attached hydrogens (tertiary/aromatic N) is 1. The summed E-state index contributed by atoms with van der Waals surface area (Å²) in [4.78, 5) is 21.2. The topological polar surface area (TPSA) is 72.2 Å². The number of nitrogens with one attached hydrogen (secondary N) is 1. The van der Waals surface area contributed by atoms with Crippen molar-refractivity contribution < 1.29 is 18.5 Å². The summed E-state index contributed by atoms with van der Waals surface area (Å²) < 4.78 is 27.0. The summed E-state index contributed by atoms with van der Waals surface area (Å²) in [6, 6.07) is 0.997. The van der Waals surface area contributed by atoms with Crippen LogP contribution in [-0.2, 0) is 0 Å². The second-order valence-electron chi connectivity index (χ2n) is 4.90. The minimum absolute atomic E-state index is 0.366. The Labute approximate surface area is 114 Å². The van der Waals surface area contributed by atoms with Crippen LogP contribution in [0.15, 0.2) is 12.1 Å². The standard InChI is InChI=1S/C13H14F2N2O3/c14-10-6-12(17(19)20)11(15)5-9(10)13(18)16-7-8-3-1-2-4-8/h5-6,8H,1-4,7H2,(H,16,18). The lowest BCUT2D eigenvalue weighted by atomic mass is 10.1. The highest BCUT2D eigenvalue weighted by molar-refractivity contribution is 5.94. The lowest BCUT2D eigenvalue weighted by Crippen LogP contribution is -2.29. The Morgan fingerprint density at radius 1 is 1.30 bits per heavy atom. The van der Waals surface area contributed by atoms with Crippen molar-refractivity contribution in [2.24, 2.45) is 5.92 Å². The van der Waals surface area contributed by atoms with E-state index in [1.165, 1.54) is 0 Å². The first kappa shape index (κ1) is 14.4. The molecule has 1 aromatic carbocycles. The van der Waals surface area contributed by atoms with Crippen LogP contribution in [0.2, 0.25) is 0 Å². The number of carbonyl (C=O) groups is 1. The second-order valence-corrected chi connectivity index (χ2v) is 4.90. The molecule has 0 aromatic heterocycles. The third kappa shape index (κ3) is 3.09.